The minimum absolute atomic E-state index is 0. The molecule has 1 aromatic heterocycles. The number of rotatable bonds is 6. The molecule has 104 valence electrons. The molecule has 0 radical (unpaired) electrons. The fraction of sp³-hybridized carbons (Fsp3) is 0.583. The lowest BCUT2D eigenvalue weighted by Crippen LogP contribution is -2.33. The van der Waals surface area contributed by atoms with Crippen molar-refractivity contribution in [3.8, 4) is 0 Å². The largest absolute Gasteiger partial charge is 0.380 e. The molecule has 0 bridgehead atoms. The maximum absolute atomic E-state index is 11.9. The van der Waals surface area contributed by atoms with E-state index in [9.17, 15) is 4.79 Å². The van der Waals surface area contributed by atoms with Gasteiger partial charge in [0.25, 0.3) is 0 Å². The summed E-state index contributed by atoms with van der Waals surface area (Å²) in [5.41, 5.74) is 5.49. The highest BCUT2D eigenvalue weighted by molar-refractivity contribution is 7.11. The summed E-state index contributed by atoms with van der Waals surface area (Å²) in [6, 6.07) is 4.12. The van der Waals surface area contributed by atoms with E-state index in [-0.39, 0.29) is 24.4 Å². The molecule has 18 heavy (non-hydrogen) atoms. The normalized spacial score (nSPS) is 11.8. The summed E-state index contributed by atoms with van der Waals surface area (Å²) in [6.45, 7) is 3.08. The first kappa shape index (κ1) is 17.4. The zero-order valence-corrected chi connectivity index (χ0v) is 12.6. The topological polar surface area (TPSA) is 55.6 Å². The molecule has 0 saturated heterocycles. The van der Waals surface area contributed by atoms with E-state index < -0.39 is 0 Å². The number of nitrogens with zero attached hydrogens (tertiary/aromatic N) is 1. The van der Waals surface area contributed by atoms with E-state index in [4.69, 9.17) is 10.5 Å². The summed E-state index contributed by atoms with van der Waals surface area (Å²) in [4.78, 5) is 16.0. The second kappa shape index (κ2) is 8.48. The third-order valence-corrected chi connectivity index (χ3v) is 3.60. The number of hydrogen-bond donors (Lipinski definition) is 1. The first-order valence-corrected chi connectivity index (χ1v) is 6.40. The summed E-state index contributed by atoms with van der Waals surface area (Å²) < 4.78 is 5.10. The Labute approximate surface area is 119 Å². The zero-order valence-electron chi connectivity index (χ0n) is 11.0. The molecule has 1 atom stereocenters. The molecule has 2 N–H and O–H groups in total. The minimum Gasteiger partial charge on any atom is -0.380 e. The molecule has 0 aliphatic heterocycles. The van der Waals surface area contributed by atoms with Gasteiger partial charge in [0, 0.05) is 30.5 Å². The van der Waals surface area contributed by atoms with E-state index in [0.29, 0.717) is 19.5 Å². The van der Waals surface area contributed by atoms with Crippen molar-refractivity contribution in [3.05, 3.63) is 21.9 Å². The van der Waals surface area contributed by atoms with E-state index in [1.54, 1.807) is 30.4 Å². The predicted octanol–water partition coefficient (Wildman–Crippen LogP) is 1.80. The van der Waals surface area contributed by atoms with Crippen LogP contribution >= 0.6 is 23.7 Å². The van der Waals surface area contributed by atoms with Gasteiger partial charge in [-0.05, 0) is 19.1 Å². The summed E-state index contributed by atoms with van der Waals surface area (Å²) in [6.07, 6.45) is 0.156. The fourth-order valence-corrected chi connectivity index (χ4v) is 2.45. The zero-order chi connectivity index (χ0) is 12.8. The summed E-state index contributed by atoms with van der Waals surface area (Å²) >= 11 is 1.71. The Balaban J connectivity index is 0.00000289. The molecule has 4 nitrogen and oxygen atoms in total. The van der Waals surface area contributed by atoms with Gasteiger partial charge in [-0.15, -0.1) is 23.7 Å². The van der Waals surface area contributed by atoms with Gasteiger partial charge in [-0.3, -0.25) is 4.79 Å². The molecule has 0 aliphatic rings. The maximum atomic E-state index is 11.9. The number of nitrogens with two attached hydrogens (primary N) is 1. The van der Waals surface area contributed by atoms with Crippen LogP contribution in [0.4, 0.5) is 0 Å². The van der Waals surface area contributed by atoms with Crippen LogP contribution in [-0.4, -0.2) is 37.6 Å². The lowest BCUT2D eigenvalue weighted by atomic mass is 10.2. The highest BCUT2D eigenvalue weighted by Crippen LogP contribution is 2.17. The van der Waals surface area contributed by atoms with Crippen LogP contribution in [0.25, 0.3) is 0 Å². The maximum Gasteiger partial charge on any atom is 0.225 e. The van der Waals surface area contributed by atoms with Crippen molar-refractivity contribution in [2.45, 2.75) is 26.0 Å². The second-order valence-corrected chi connectivity index (χ2v) is 5.43. The molecule has 1 heterocycles. The van der Waals surface area contributed by atoms with Crippen molar-refractivity contribution in [1.82, 2.24) is 4.90 Å². The molecular weight excluding hydrogens is 272 g/mol. The number of ether oxygens (including phenoxy) is 1. The van der Waals surface area contributed by atoms with Crippen LogP contribution in [0, 0.1) is 6.92 Å². The first-order valence-electron chi connectivity index (χ1n) is 5.59. The number of methoxy groups -OCH3 is 1. The number of thiophene rings is 1. The number of aryl methyl sites for hydroxylation is 1. The lowest BCUT2D eigenvalue weighted by molar-refractivity contribution is -0.132. The molecule has 0 saturated carbocycles. The molecule has 1 amide bonds. The highest BCUT2D eigenvalue weighted by Gasteiger charge is 2.15. The standard InChI is InChI=1S/C12H20N2O2S.ClH/c1-9-4-5-11(17-9)8-14(2)12(15)6-10(7-13)16-3;/h4-5,10H,6-8,13H2,1-3H3;1H. The highest BCUT2D eigenvalue weighted by atomic mass is 35.5. The molecule has 1 rings (SSSR count). The van der Waals surface area contributed by atoms with Gasteiger partial charge in [-0.2, -0.15) is 0 Å². The van der Waals surface area contributed by atoms with E-state index in [1.165, 1.54) is 9.75 Å². The molecular formula is C12H21ClN2O2S. The molecule has 0 fully saturated rings. The summed E-state index contributed by atoms with van der Waals surface area (Å²) in [7, 11) is 3.38. The van der Waals surface area contributed by atoms with Gasteiger partial charge in [0.2, 0.25) is 5.91 Å². The number of halogens is 1. The Hall–Kier alpha value is -0.620. The Bertz CT molecular complexity index is 367. The summed E-state index contributed by atoms with van der Waals surface area (Å²) in [5.74, 6) is 0.0633. The molecule has 0 aliphatic carbocycles. The van der Waals surface area contributed by atoms with Gasteiger partial charge >= 0.3 is 0 Å². The van der Waals surface area contributed by atoms with Crippen LogP contribution in [0.3, 0.4) is 0 Å². The minimum atomic E-state index is -0.185. The van der Waals surface area contributed by atoms with Crippen molar-refractivity contribution in [1.29, 1.82) is 0 Å². The molecule has 0 spiro atoms. The SMILES string of the molecule is COC(CN)CC(=O)N(C)Cc1ccc(C)s1.Cl. The van der Waals surface area contributed by atoms with Crippen molar-refractivity contribution in [2.75, 3.05) is 20.7 Å². The Morgan fingerprint density at radius 2 is 2.22 bits per heavy atom. The number of amides is 1. The van der Waals surface area contributed by atoms with Gasteiger partial charge in [0.15, 0.2) is 0 Å². The quantitative estimate of drug-likeness (QED) is 0.870. The van der Waals surface area contributed by atoms with Crippen molar-refractivity contribution < 1.29 is 9.53 Å². The molecule has 1 aromatic rings. The van der Waals surface area contributed by atoms with Gasteiger partial charge < -0.3 is 15.4 Å². The van der Waals surface area contributed by atoms with Gasteiger partial charge in [0.1, 0.15) is 0 Å². The Morgan fingerprint density at radius 1 is 1.56 bits per heavy atom. The van der Waals surface area contributed by atoms with E-state index in [1.807, 2.05) is 0 Å². The van der Waals surface area contributed by atoms with Crippen molar-refractivity contribution in [3.63, 3.8) is 0 Å². The third-order valence-electron chi connectivity index (χ3n) is 2.61. The molecule has 6 heteroatoms. The predicted molar refractivity (Wildman–Crippen MR) is 77.2 cm³/mol. The van der Waals surface area contributed by atoms with Crippen LogP contribution in [0.1, 0.15) is 16.2 Å². The van der Waals surface area contributed by atoms with Crippen molar-refractivity contribution in [2.24, 2.45) is 5.73 Å². The first-order chi connectivity index (χ1) is 8.06. The Kier molecular flexibility index (Phi) is 8.18. The lowest BCUT2D eigenvalue weighted by Gasteiger charge is -2.19. The van der Waals surface area contributed by atoms with Crippen LogP contribution in [-0.2, 0) is 16.1 Å². The van der Waals surface area contributed by atoms with E-state index in [0.717, 1.165) is 0 Å². The van der Waals surface area contributed by atoms with Crippen LogP contribution in [0.15, 0.2) is 12.1 Å². The monoisotopic (exact) mass is 292 g/mol. The summed E-state index contributed by atoms with van der Waals surface area (Å²) in [5, 5.41) is 0. The smallest absolute Gasteiger partial charge is 0.225 e. The van der Waals surface area contributed by atoms with Crippen molar-refractivity contribution >= 4 is 29.7 Å². The Morgan fingerprint density at radius 3 is 2.67 bits per heavy atom. The van der Waals surface area contributed by atoms with Crippen LogP contribution in [0.5, 0.6) is 0 Å². The fourth-order valence-electron chi connectivity index (χ4n) is 1.51. The van der Waals surface area contributed by atoms with E-state index in [2.05, 4.69) is 19.1 Å². The molecule has 0 aromatic carbocycles. The number of carbonyl (C=O) groups excluding carboxylic acids is 1. The third kappa shape index (κ3) is 5.35. The molecule has 1 unspecified atom stereocenters. The van der Waals surface area contributed by atoms with E-state index >= 15 is 0 Å². The van der Waals surface area contributed by atoms with Gasteiger partial charge in [0.05, 0.1) is 19.1 Å². The number of hydrogen-bond acceptors (Lipinski definition) is 4. The van der Waals surface area contributed by atoms with Crippen LogP contribution in [0.2, 0.25) is 0 Å². The number of carbonyl (C=O) groups is 1. The van der Waals surface area contributed by atoms with Gasteiger partial charge in [-0.25, -0.2) is 0 Å². The average Bonchev–Trinajstić information content (AvgIpc) is 2.71. The second-order valence-electron chi connectivity index (χ2n) is 4.06. The average molecular weight is 293 g/mol. The van der Waals surface area contributed by atoms with Crippen LogP contribution < -0.4 is 5.73 Å². The van der Waals surface area contributed by atoms with Gasteiger partial charge in [-0.1, -0.05) is 0 Å².